The molecule has 32 heavy (non-hydrogen) atoms. The lowest BCUT2D eigenvalue weighted by atomic mass is 9.89. The third-order valence-corrected chi connectivity index (χ3v) is 5.68. The summed E-state index contributed by atoms with van der Waals surface area (Å²) in [4.78, 5) is 16.4. The van der Waals surface area contributed by atoms with E-state index in [1.807, 2.05) is 6.07 Å². The van der Waals surface area contributed by atoms with E-state index in [4.69, 9.17) is 4.98 Å². The molecule has 0 bridgehead atoms. The number of nitrogens with zero attached hydrogens (tertiary/aromatic N) is 2. The highest BCUT2D eigenvalue weighted by molar-refractivity contribution is 6.09. The maximum absolute atomic E-state index is 13.6. The highest BCUT2D eigenvalue weighted by atomic mass is 19.1. The summed E-state index contributed by atoms with van der Waals surface area (Å²) < 4.78 is 13.6. The zero-order chi connectivity index (χ0) is 22.4. The predicted octanol–water partition coefficient (Wildman–Crippen LogP) is 6.41. The molecule has 0 saturated carbocycles. The molecule has 3 aromatic carbocycles. The molecule has 0 aliphatic carbocycles. The number of carboxylic acid groups (broad SMARTS) is 1. The van der Waals surface area contributed by atoms with Crippen molar-refractivity contribution in [2.24, 2.45) is 0 Å². The average molecular weight is 425 g/mol. The molecule has 0 aliphatic rings. The van der Waals surface area contributed by atoms with Crippen molar-refractivity contribution in [1.29, 1.82) is 0 Å². The Kier molecular flexibility index (Phi) is 4.70. The molecule has 2 N–H and O–H groups in total. The van der Waals surface area contributed by atoms with Crippen molar-refractivity contribution in [2.45, 2.75) is 19.8 Å². The van der Waals surface area contributed by atoms with Gasteiger partial charge in [0, 0.05) is 21.9 Å². The van der Waals surface area contributed by atoms with E-state index in [0.717, 1.165) is 49.8 Å². The Morgan fingerprint density at radius 3 is 2.31 bits per heavy atom. The van der Waals surface area contributed by atoms with Crippen molar-refractivity contribution in [3.05, 3.63) is 83.9 Å². The van der Waals surface area contributed by atoms with Crippen LogP contribution in [0.5, 0.6) is 0 Å². The molecule has 0 fully saturated rings. The van der Waals surface area contributed by atoms with Crippen LogP contribution < -0.4 is 0 Å². The second kappa shape index (κ2) is 7.57. The molecule has 0 amide bonds. The fraction of sp³-hybridized carbons (Fsp3) is 0.115. The van der Waals surface area contributed by atoms with Gasteiger partial charge in [0.15, 0.2) is 0 Å². The summed E-state index contributed by atoms with van der Waals surface area (Å²) in [5, 5.41) is 19.3. The molecule has 0 saturated heterocycles. The number of fused-ring (bicyclic) bond motifs is 2. The van der Waals surface area contributed by atoms with Gasteiger partial charge in [0.25, 0.3) is 0 Å². The average Bonchev–Trinajstić information content (AvgIpc) is 3.25. The lowest BCUT2D eigenvalue weighted by Gasteiger charge is -2.19. The molecule has 0 atom stereocenters. The monoisotopic (exact) mass is 425 g/mol. The minimum atomic E-state index is -0.969. The normalized spacial score (nSPS) is 11.5. The second-order valence-electron chi connectivity index (χ2n) is 8.12. The number of H-pyrrole nitrogens is 1. The van der Waals surface area contributed by atoms with Crippen LogP contribution in [0, 0.1) is 5.82 Å². The van der Waals surface area contributed by atoms with Gasteiger partial charge >= 0.3 is 5.97 Å². The molecular weight excluding hydrogens is 405 g/mol. The number of hydrogen-bond donors (Lipinski definition) is 2. The zero-order valence-corrected chi connectivity index (χ0v) is 17.6. The smallest absolute Gasteiger partial charge is 0.335 e. The van der Waals surface area contributed by atoms with E-state index in [0.29, 0.717) is 0 Å². The Bertz CT molecular complexity index is 1470. The summed E-state index contributed by atoms with van der Waals surface area (Å²) in [5.74, 6) is -1.15. The van der Waals surface area contributed by atoms with Gasteiger partial charge in [-0.1, -0.05) is 38.1 Å². The number of carbonyl (C=O) groups is 1. The van der Waals surface area contributed by atoms with E-state index < -0.39 is 5.97 Å². The quantitative estimate of drug-likeness (QED) is 0.349. The van der Waals surface area contributed by atoms with Gasteiger partial charge in [-0.2, -0.15) is 5.10 Å². The van der Waals surface area contributed by atoms with Gasteiger partial charge in [-0.05, 0) is 53.3 Å². The van der Waals surface area contributed by atoms with E-state index in [9.17, 15) is 14.3 Å². The van der Waals surface area contributed by atoms with E-state index in [1.165, 1.54) is 12.1 Å². The van der Waals surface area contributed by atoms with Gasteiger partial charge in [0.05, 0.1) is 28.7 Å². The number of rotatable bonds is 4. The molecule has 5 rings (SSSR count). The van der Waals surface area contributed by atoms with Gasteiger partial charge in [-0.3, -0.25) is 10.1 Å². The number of benzene rings is 3. The third-order valence-electron chi connectivity index (χ3n) is 5.68. The number of pyridine rings is 1. The molecule has 2 aromatic heterocycles. The van der Waals surface area contributed by atoms with Crippen LogP contribution in [0.25, 0.3) is 44.1 Å². The molecule has 5 nitrogen and oxygen atoms in total. The molecule has 0 radical (unpaired) electrons. The maximum atomic E-state index is 13.6. The molecule has 2 heterocycles. The first-order valence-corrected chi connectivity index (χ1v) is 10.3. The lowest BCUT2D eigenvalue weighted by molar-refractivity contribution is 0.0697. The summed E-state index contributed by atoms with van der Waals surface area (Å²) in [5.41, 5.74) is 5.44. The standard InChI is InChI=1S/C26H20FN3O2/c1-14(2)24-23(15-7-9-19(27)10-8-15)20-11-18-13-28-30-22(18)12-21(20)25(29-24)16-3-5-17(6-4-16)26(31)32/h3-14H,1-2H3,(H,28,30)(H,31,32). The van der Waals surface area contributed by atoms with Gasteiger partial charge in [0.2, 0.25) is 0 Å². The van der Waals surface area contributed by atoms with Crippen molar-refractivity contribution in [3.8, 4) is 22.4 Å². The number of nitrogens with one attached hydrogen (secondary N) is 1. The minimum Gasteiger partial charge on any atom is -0.478 e. The van der Waals surface area contributed by atoms with E-state index in [2.05, 4.69) is 30.1 Å². The largest absolute Gasteiger partial charge is 0.478 e. The highest BCUT2D eigenvalue weighted by Gasteiger charge is 2.20. The Labute approximate surface area is 183 Å². The minimum absolute atomic E-state index is 0.108. The molecule has 5 aromatic rings. The fourth-order valence-electron chi connectivity index (χ4n) is 4.10. The number of hydrogen-bond acceptors (Lipinski definition) is 3. The first kappa shape index (κ1) is 19.9. The van der Waals surface area contributed by atoms with E-state index in [1.54, 1.807) is 42.6 Å². The summed E-state index contributed by atoms with van der Waals surface area (Å²) in [6, 6.07) is 17.3. The SMILES string of the molecule is CC(C)c1nc(-c2ccc(C(=O)O)cc2)c2cc3[nH]ncc3cc2c1-c1ccc(F)cc1. The Hall–Kier alpha value is -4.06. The van der Waals surface area contributed by atoms with Crippen molar-refractivity contribution in [1.82, 2.24) is 15.2 Å². The van der Waals surface area contributed by atoms with Crippen LogP contribution in [0.2, 0.25) is 0 Å². The van der Waals surface area contributed by atoms with Crippen LogP contribution in [-0.2, 0) is 0 Å². The van der Waals surface area contributed by atoms with E-state index >= 15 is 0 Å². The van der Waals surface area contributed by atoms with Crippen LogP contribution in [0.4, 0.5) is 4.39 Å². The van der Waals surface area contributed by atoms with E-state index in [-0.39, 0.29) is 17.3 Å². The molecule has 158 valence electrons. The predicted molar refractivity (Wildman–Crippen MR) is 123 cm³/mol. The molecular formula is C26H20FN3O2. The van der Waals surface area contributed by atoms with Crippen LogP contribution in [0.1, 0.15) is 35.8 Å². The van der Waals surface area contributed by atoms with Crippen LogP contribution in [0.15, 0.2) is 66.9 Å². The summed E-state index contributed by atoms with van der Waals surface area (Å²) in [6.45, 7) is 4.16. The summed E-state index contributed by atoms with van der Waals surface area (Å²) in [7, 11) is 0. The summed E-state index contributed by atoms with van der Waals surface area (Å²) in [6.07, 6.45) is 1.78. The van der Waals surface area contributed by atoms with Gasteiger partial charge in [0.1, 0.15) is 5.82 Å². The van der Waals surface area contributed by atoms with Gasteiger partial charge in [-0.25, -0.2) is 9.18 Å². The fourth-order valence-corrected chi connectivity index (χ4v) is 4.10. The number of halogens is 1. The van der Waals surface area contributed by atoms with Crippen LogP contribution >= 0.6 is 0 Å². The second-order valence-corrected chi connectivity index (χ2v) is 8.12. The summed E-state index contributed by atoms with van der Waals surface area (Å²) >= 11 is 0. The topological polar surface area (TPSA) is 78.9 Å². The zero-order valence-electron chi connectivity index (χ0n) is 17.6. The first-order valence-electron chi connectivity index (χ1n) is 10.3. The number of aromatic amines is 1. The Balaban J connectivity index is 1.88. The molecule has 6 heteroatoms. The number of carboxylic acids is 1. The Morgan fingerprint density at radius 2 is 1.66 bits per heavy atom. The highest BCUT2D eigenvalue weighted by Crippen LogP contribution is 2.40. The van der Waals surface area contributed by atoms with Crippen molar-refractivity contribution < 1.29 is 14.3 Å². The van der Waals surface area contributed by atoms with Crippen molar-refractivity contribution in [3.63, 3.8) is 0 Å². The molecule has 0 spiro atoms. The van der Waals surface area contributed by atoms with Gasteiger partial charge in [-0.15, -0.1) is 0 Å². The van der Waals surface area contributed by atoms with Gasteiger partial charge < -0.3 is 5.11 Å². The lowest BCUT2D eigenvalue weighted by Crippen LogP contribution is -2.02. The van der Waals surface area contributed by atoms with Crippen LogP contribution in [-0.4, -0.2) is 26.3 Å². The molecule has 0 unspecified atom stereocenters. The maximum Gasteiger partial charge on any atom is 0.335 e. The molecule has 0 aliphatic heterocycles. The van der Waals surface area contributed by atoms with Crippen LogP contribution in [0.3, 0.4) is 0 Å². The van der Waals surface area contributed by atoms with Crippen molar-refractivity contribution in [2.75, 3.05) is 0 Å². The number of aromatic nitrogens is 3. The first-order chi connectivity index (χ1) is 15.4. The van der Waals surface area contributed by atoms with Crippen molar-refractivity contribution >= 4 is 27.6 Å². The third kappa shape index (κ3) is 3.30. The number of aromatic carboxylic acids is 1. The Morgan fingerprint density at radius 1 is 0.969 bits per heavy atom.